The fourth-order valence-corrected chi connectivity index (χ4v) is 2.79. The highest BCUT2D eigenvalue weighted by atomic mass is 35.5. The molecule has 0 saturated heterocycles. The van der Waals surface area contributed by atoms with Crippen LogP contribution in [-0.4, -0.2) is 7.11 Å². The number of methoxy groups -OCH3 is 1. The van der Waals surface area contributed by atoms with Gasteiger partial charge in [0.25, 0.3) is 0 Å². The van der Waals surface area contributed by atoms with Crippen molar-refractivity contribution in [1.29, 1.82) is 0 Å². The summed E-state index contributed by atoms with van der Waals surface area (Å²) >= 11 is 18.6. The van der Waals surface area contributed by atoms with Gasteiger partial charge in [0.2, 0.25) is 0 Å². The lowest BCUT2D eigenvalue weighted by molar-refractivity contribution is 0.410. The molecule has 4 heteroatoms. The SMILES string of the molecule is COc1ccc(C)cc1C(Cl)c1cc(Cl)cc(Cl)c1. The molecule has 2 aromatic rings. The lowest BCUT2D eigenvalue weighted by atomic mass is 10.0. The number of alkyl halides is 1. The average Bonchev–Trinajstić information content (AvgIpc) is 2.36. The van der Waals surface area contributed by atoms with E-state index in [1.807, 2.05) is 37.3 Å². The van der Waals surface area contributed by atoms with Crippen molar-refractivity contribution in [2.75, 3.05) is 7.11 Å². The molecule has 0 aromatic heterocycles. The van der Waals surface area contributed by atoms with E-state index in [0.717, 1.165) is 22.4 Å². The minimum absolute atomic E-state index is 0.356. The second kappa shape index (κ2) is 6.04. The molecule has 2 aromatic carbocycles. The summed E-state index contributed by atoms with van der Waals surface area (Å²) in [7, 11) is 1.63. The van der Waals surface area contributed by atoms with Crippen molar-refractivity contribution >= 4 is 34.8 Å². The van der Waals surface area contributed by atoms with Crippen LogP contribution in [0.4, 0.5) is 0 Å². The van der Waals surface area contributed by atoms with Crippen molar-refractivity contribution in [3.8, 4) is 5.75 Å². The van der Waals surface area contributed by atoms with Crippen molar-refractivity contribution in [2.24, 2.45) is 0 Å². The molecule has 0 radical (unpaired) electrons. The van der Waals surface area contributed by atoms with Crippen LogP contribution in [0, 0.1) is 6.92 Å². The molecule has 19 heavy (non-hydrogen) atoms. The average molecular weight is 316 g/mol. The zero-order valence-corrected chi connectivity index (χ0v) is 12.9. The van der Waals surface area contributed by atoms with Gasteiger partial charge in [-0.25, -0.2) is 0 Å². The van der Waals surface area contributed by atoms with E-state index in [1.54, 1.807) is 13.2 Å². The highest BCUT2D eigenvalue weighted by Gasteiger charge is 2.17. The van der Waals surface area contributed by atoms with E-state index in [4.69, 9.17) is 39.5 Å². The summed E-state index contributed by atoms with van der Waals surface area (Å²) in [5, 5.41) is 0.783. The number of rotatable bonds is 3. The Bertz CT molecular complexity index is 576. The molecule has 0 heterocycles. The third-order valence-corrected chi connectivity index (χ3v) is 3.76. The Kier molecular flexibility index (Phi) is 4.62. The summed E-state index contributed by atoms with van der Waals surface area (Å²) in [6.45, 7) is 2.01. The van der Waals surface area contributed by atoms with Gasteiger partial charge in [0.1, 0.15) is 5.75 Å². The quantitative estimate of drug-likeness (QED) is 0.666. The second-order valence-corrected chi connectivity index (χ2v) is 5.62. The first-order valence-electron chi connectivity index (χ1n) is 5.76. The Balaban J connectivity index is 2.48. The Labute approximate surface area is 128 Å². The molecular weight excluding hydrogens is 303 g/mol. The van der Waals surface area contributed by atoms with Crippen molar-refractivity contribution in [3.05, 3.63) is 63.1 Å². The monoisotopic (exact) mass is 314 g/mol. The molecule has 0 aliphatic rings. The normalized spacial score (nSPS) is 12.3. The van der Waals surface area contributed by atoms with Gasteiger partial charge in [0, 0.05) is 15.6 Å². The Morgan fingerprint density at radius 1 is 1.00 bits per heavy atom. The van der Waals surface area contributed by atoms with E-state index < -0.39 is 0 Å². The number of benzene rings is 2. The van der Waals surface area contributed by atoms with Crippen LogP contribution in [0.5, 0.6) is 5.75 Å². The number of halogens is 3. The van der Waals surface area contributed by atoms with Gasteiger partial charge >= 0.3 is 0 Å². The summed E-state index contributed by atoms with van der Waals surface area (Å²) in [5.74, 6) is 0.752. The van der Waals surface area contributed by atoms with Gasteiger partial charge in [-0.2, -0.15) is 0 Å². The fourth-order valence-electron chi connectivity index (χ4n) is 1.95. The largest absolute Gasteiger partial charge is 0.496 e. The van der Waals surface area contributed by atoms with Gasteiger partial charge in [-0.3, -0.25) is 0 Å². The van der Waals surface area contributed by atoms with Crippen LogP contribution in [0.25, 0.3) is 0 Å². The summed E-state index contributed by atoms with van der Waals surface area (Å²) in [4.78, 5) is 0. The molecule has 2 rings (SSSR count). The molecule has 0 N–H and O–H groups in total. The summed E-state index contributed by atoms with van der Waals surface area (Å²) in [6.07, 6.45) is 0. The smallest absolute Gasteiger partial charge is 0.123 e. The van der Waals surface area contributed by atoms with Crippen molar-refractivity contribution in [3.63, 3.8) is 0 Å². The van der Waals surface area contributed by atoms with Crippen LogP contribution >= 0.6 is 34.8 Å². The van der Waals surface area contributed by atoms with Crippen LogP contribution in [0.1, 0.15) is 22.1 Å². The molecule has 0 saturated carbocycles. The number of aryl methyl sites for hydroxylation is 1. The topological polar surface area (TPSA) is 9.23 Å². The molecule has 1 unspecified atom stereocenters. The lowest BCUT2D eigenvalue weighted by Crippen LogP contribution is -1.98. The van der Waals surface area contributed by atoms with Gasteiger partial charge < -0.3 is 4.74 Å². The maximum absolute atomic E-state index is 6.53. The summed E-state index contributed by atoms with van der Waals surface area (Å²) in [5.41, 5.74) is 2.88. The standard InChI is InChI=1S/C15H13Cl3O/c1-9-3-4-14(19-2)13(5-9)15(18)10-6-11(16)8-12(17)7-10/h3-8,15H,1-2H3. The molecular formula is C15H13Cl3O. The number of hydrogen-bond acceptors (Lipinski definition) is 1. The van der Waals surface area contributed by atoms with E-state index in [9.17, 15) is 0 Å². The van der Waals surface area contributed by atoms with Gasteiger partial charge in [0.15, 0.2) is 0 Å². The van der Waals surface area contributed by atoms with Crippen molar-refractivity contribution < 1.29 is 4.74 Å². The Morgan fingerprint density at radius 2 is 1.63 bits per heavy atom. The van der Waals surface area contributed by atoms with Crippen molar-refractivity contribution in [1.82, 2.24) is 0 Å². The number of hydrogen-bond donors (Lipinski definition) is 0. The Hall–Kier alpha value is -0.890. The van der Waals surface area contributed by atoms with Gasteiger partial charge in [-0.05, 0) is 36.8 Å². The minimum Gasteiger partial charge on any atom is -0.496 e. The molecule has 100 valence electrons. The molecule has 1 atom stereocenters. The number of ether oxygens (including phenoxy) is 1. The van der Waals surface area contributed by atoms with E-state index >= 15 is 0 Å². The van der Waals surface area contributed by atoms with Crippen LogP contribution in [0.15, 0.2) is 36.4 Å². The maximum Gasteiger partial charge on any atom is 0.123 e. The van der Waals surface area contributed by atoms with Gasteiger partial charge in [-0.1, -0.05) is 40.9 Å². The zero-order chi connectivity index (χ0) is 14.0. The first-order valence-corrected chi connectivity index (χ1v) is 6.95. The second-order valence-electron chi connectivity index (χ2n) is 4.31. The molecule has 1 nitrogen and oxygen atoms in total. The molecule has 0 aliphatic carbocycles. The van der Waals surface area contributed by atoms with Gasteiger partial charge in [0.05, 0.1) is 12.5 Å². The first-order chi connectivity index (χ1) is 9.01. The summed E-state index contributed by atoms with van der Waals surface area (Å²) < 4.78 is 5.35. The van der Waals surface area contributed by atoms with Crippen molar-refractivity contribution in [2.45, 2.75) is 12.3 Å². The predicted molar refractivity (Wildman–Crippen MR) is 81.9 cm³/mol. The third-order valence-electron chi connectivity index (χ3n) is 2.84. The lowest BCUT2D eigenvalue weighted by Gasteiger charge is -2.15. The molecule has 0 aliphatic heterocycles. The molecule has 0 spiro atoms. The fraction of sp³-hybridized carbons (Fsp3) is 0.200. The van der Waals surface area contributed by atoms with E-state index in [1.165, 1.54) is 0 Å². The zero-order valence-electron chi connectivity index (χ0n) is 10.6. The van der Waals surface area contributed by atoms with Gasteiger partial charge in [-0.15, -0.1) is 11.6 Å². The van der Waals surface area contributed by atoms with Crippen LogP contribution < -0.4 is 4.74 Å². The molecule has 0 amide bonds. The highest BCUT2D eigenvalue weighted by Crippen LogP contribution is 2.37. The highest BCUT2D eigenvalue weighted by molar-refractivity contribution is 6.35. The predicted octanol–water partition coefficient (Wildman–Crippen LogP) is 5.64. The summed E-state index contributed by atoms with van der Waals surface area (Å²) in [6, 6.07) is 11.2. The van der Waals surface area contributed by atoms with Crippen LogP contribution in [0.2, 0.25) is 10.0 Å². The van der Waals surface area contributed by atoms with Crippen LogP contribution in [-0.2, 0) is 0 Å². The third kappa shape index (κ3) is 3.36. The van der Waals surface area contributed by atoms with Crippen LogP contribution in [0.3, 0.4) is 0 Å². The molecule has 0 fully saturated rings. The maximum atomic E-state index is 6.53. The van der Waals surface area contributed by atoms with E-state index in [-0.39, 0.29) is 5.38 Å². The molecule has 0 bridgehead atoms. The van der Waals surface area contributed by atoms with E-state index in [0.29, 0.717) is 10.0 Å². The first kappa shape index (κ1) is 14.5. The van der Waals surface area contributed by atoms with E-state index in [2.05, 4.69) is 0 Å². The Morgan fingerprint density at radius 3 is 2.21 bits per heavy atom. The minimum atomic E-state index is -0.356.